The van der Waals surface area contributed by atoms with E-state index in [1.54, 1.807) is 9.80 Å². The SMILES string of the molecule is Cc1c(CC(=O)O)cc(N2CCN(C(=O)OCC3c4ccccc4-c4ccccc43)CC2)cc1[B-](F)(F)F.[K+]. The number of ether oxygens (including phenoxy) is 1. The molecular formula is C28H27BF3KN2O4. The summed E-state index contributed by atoms with van der Waals surface area (Å²) in [5, 5.41) is 9.17. The molecule has 1 amide bonds. The number of carboxylic acid groups (broad SMARTS) is 1. The van der Waals surface area contributed by atoms with Crippen LogP contribution in [0.3, 0.4) is 0 Å². The van der Waals surface area contributed by atoms with Crippen molar-refractivity contribution in [1.29, 1.82) is 0 Å². The molecule has 1 aliphatic carbocycles. The Morgan fingerprint density at radius 1 is 0.949 bits per heavy atom. The average Bonchev–Trinajstić information content (AvgIpc) is 3.21. The standard InChI is InChI=1S/C28H27BF3N2O4.K/c1-18-19(15-27(35)36)14-20(16-26(18)29(30,31)32)33-10-12-34(13-11-33)28(37)38-17-25-23-8-4-2-6-21(23)22-7-3-5-9-24(22)25;/h2-9,14,16,25H,10-13,15,17H2,1H3,(H,35,36);/q-1;+1. The van der Waals surface area contributed by atoms with Gasteiger partial charge < -0.3 is 32.6 Å². The summed E-state index contributed by atoms with van der Waals surface area (Å²) in [5.41, 5.74) is 4.13. The van der Waals surface area contributed by atoms with Crippen LogP contribution in [0.2, 0.25) is 0 Å². The molecule has 1 aliphatic heterocycles. The first kappa shape index (κ1) is 29.7. The minimum Gasteiger partial charge on any atom is -0.481 e. The Morgan fingerprint density at radius 2 is 1.51 bits per heavy atom. The smallest absolute Gasteiger partial charge is 0.481 e. The summed E-state index contributed by atoms with van der Waals surface area (Å²) in [6, 6.07) is 18.7. The Morgan fingerprint density at radius 3 is 2.05 bits per heavy atom. The molecule has 3 aromatic carbocycles. The van der Waals surface area contributed by atoms with E-state index >= 15 is 0 Å². The maximum atomic E-state index is 13.7. The molecule has 1 N–H and O–H groups in total. The summed E-state index contributed by atoms with van der Waals surface area (Å²) in [7, 11) is 0. The normalized spacial score (nSPS) is 14.9. The number of carbonyl (C=O) groups is 2. The number of fused-ring (bicyclic) bond motifs is 3. The molecule has 0 atom stereocenters. The number of halogens is 3. The number of hydrogen-bond donors (Lipinski definition) is 1. The molecule has 2 aliphatic rings. The number of piperazine rings is 1. The van der Waals surface area contributed by atoms with Crippen molar-refractivity contribution in [2.45, 2.75) is 19.3 Å². The van der Waals surface area contributed by atoms with Crippen LogP contribution < -0.4 is 61.7 Å². The molecule has 0 radical (unpaired) electrons. The molecular weight excluding hydrogens is 535 g/mol. The fourth-order valence-corrected chi connectivity index (χ4v) is 5.48. The van der Waals surface area contributed by atoms with Gasteiger partial charge in [-0.05, 0) is 40.8 Å². The van der Waals surface area contributed by atoms with Crippen molar-refractivity contribution in [3.63, 3.8) is 0 Å². The van der Waals surface area contributed by atoms with Crippen LogP contribution in [0.4, 0.5) is 23.4 Å². The average molecular weight is 562 g/mol. The van der Waals surface area contributed by atoms with Crippen molar-refractivity contribution in [2.24, 2.45) is 0 Å². The fourth-order valence-electron chi connectivity index (χ4n) is 5.48. The van der Waals surface area contributed by atoms with Gasteiger partial charge in [0.2, 0.25) is 0 Å². The number of carboxylic acids is 1. The second-order valence-electron chi connectivity index (χ2n) is 9.74. The molecule has 0 spiro atoms. The monoisotopic (exact) mass is 562 g/mol. The van der Waals surface area contributed by atoms with Gasteiger partial charge in [-0.2, -0.15) is 0 Å². The summed E-state index contributed by atoms with van der Waals surface area (Å²) in [6.07, 6.45) is -0.945. The number of hydrogen-bond acceptors (Lipinski definition) is 4. The van der Waals surface area contributed by atoms with E-state index in [0.29, 0.717) is 18.8 Å². The van der Waals surface area contributed by atoms with Gasteiger partial charge in [-0.15, -0.1) is 5.46 Å². The molecule has 0 bridgehead atoms. The quantitative estimate of drug-likeness (QED) is 0.464. The Labute approximate surface area is 267 Å². The first-order chi connectivity index (χ1) is 18.1. The third-order valence-electron chi connectivity index (χ3n) is 7.47. The van der Waals surface area contributed by atoms with Crippen molar-refractivity contribution in [1.82, 2.24) is 4.90 Å². The van der Waals surface area contributed by atoms with E-state index < -0.39 is 30.9 Å². The van der Waals surface area contributed by atoms with E-state index in [1.165, 1.54) is 13.0 Å². The molecule has 5 rings (SSSR count). The summed E-state index contributed by atoms with van der Waals surface area (Å²) in [6.45, 7) is -2.62. The van der Waals surface area contributed by atoms with Crippen molar-refractivity contribution in [3.8, 4) is 11.1 Å². The third-order valence-corrected chi connectivity index (χ3v) is 7.47. The van der Waals surface area contributed by atoms with E-state index in [-0.39, 0.29) is 88.1 Å². The van der Waals surface area contributed by atoms with E-state index in [1.807, 2.05) is 36.4 Å². The Bertz CT molecular complexity index is 1350. The Kier molecular flexibility index (Phi) is 9.17. The number of rotatable bonds is 6. The van der Waals surface area contributed by atoms with Gasteiger partial charge in [-0.25, -0.2) is 4.79 Å². The number of benzene rings is 3. The third kappa shape index (κ3) is 6.22. The molecule has 0 unspecified atom stereocenters. The zero-order chi connectivity index (χ0) is 27.0. The van der Waals surface area contributed by atoms with Crippen LogP contribution in [0.5, 0.6) is 0 Å². The van der Waals surface area contributed by atoms with E-state index in [4.69, 9.17) is 4.74 Å². The molecule has 198 valence electrons. The van der Waals surface area contributed by atoms with E-state index in [9.17, 15) is 27.6 Å². The minimum absolute atomic E-state index is 0. The van der Waals surface area contributed by atoms with Gasteiger partial charge in [0.1, 0.15) is 6.61 Å². The van der Waals surface area contributed by atoms with Crippen LogP contribution >= 0.6 is 0 Å². The second kappa shape index (κ2) is 12.1. The van der Waals surface area contributed by atoms with Gasteiger partial charge >= 0.3 is 70.4 Å². The molecule has 1 fully saturated rings. The summed E-state index contributed by atoms with van der Waals surface area (Å²) < 4.78 is 46.8. The first-order valence-corrected chi connectivity index (χ1v) is 12.5. The molecule has 1 heterocycles. The Hall–Kier alpha value is -2.31. The molecule has 6 nitrogen and oxygen atoms in total. The predicted molar refractivity (Wildman–Crippen MR) is 140 cm³/mol. The van der Waals surface area contributed by atoms with Gasteiger partial charge in [-0.3, -0.25) is 4.79 Å². The van der Waals surface area contributed by atoms with Gasteiger partial charge in [-0.1, -0.05) is 60.2 Å². The second-order valence-corrected chi connectivity index (χ2v) is 9.74. The van der Waals surface area contributed by atoms with Crippen molar-refractivity contribution < 1.29 is 83.8 Å². The van der Waals surface area contributed by atoms with Gasteiger partial charge in [0, 0.05) is 37.8 Å². The van der Waals surface area contributed by atoms with Crippen LogP contribution in [0.1, 0.15) is 28.2 Å². The Balaban J connectivity index is 0.00000353. The maximum Gasteiger partial charge on any atom is 1.00 e. The molecule has 0 aromatic heterocycles. The topological polar surface area (TPSA) is 70.1 Å². The van der Waals surface area contributed by atoms with Crippen LogP contribution in [-0.4, -0.2) is 61.8 Å². The zero-order valence-corrected chi connectivity index (χ0v) is 25.0. The van der Waals surface area contributed by atoms with E-state index in [0.717, 1.165) is 28.3 Å². The summed E-state index contributed by atoms with van der Waals surface area (Å²) >= 11 is 0. The van der Waals surface area contributed by atoms with Crippen LogP contribution in [-0.2, 0) is 16.0 Å². The number of nitrogens with zero attached hydrogens (tertiary/aromatic N) is 2. The van der Waals surface area contributed by atoms with Crippen molar-refractivity contribution in [2.75, 3.05) is 37.7 Å². The molecule has 39 heavy (non-hydrogen) atoms. The molecule has 11 heteroatoms. The molecule has 0 saturated carbocycles. The summed E-state index contributed by atoms with van der Waals surface area (Å²) in [5.74, 6) is -1.25. The largest absolute Gasteiger partial charge is 1.00 e. The first-order valence-electron chi connectivity index (χ1n) is 12.5. The zero-order valence-electron chi connectivity index (χ0n) is 21.9. The predicted octanol–water partition coefficient (Wildman–Crippen LogP) is 1.75. The van der Waals surface area contributed by atoms with Crippen molar-refractivity contribution >= 4 is 30.2 Å². The number of anilines is 1. The number of aliphatic carboxylic acids is 1. The molecule has 1 saturated heterocycles. The van der Waals surface area contributed by atoms with Gasteiger partial charge in [0.25, 0.3) is 0 Å². The summed E-state index contributed by atoms with van der Waals surface area (Å²) in [4.78, 5) is 27.4. The van der Waals surface area contributed by atoms with E-state index in [2.05, 4.69) is 12.1 Å². The maximum absolute atomic E-state index is 13.7. The van der Waals surface area contributed by atoms with Crippen LogP contribution in [0.25, 0.3) is 11.1 Å². The number of amides is 1. The minimum atomic E-state index is -5.30. The van der Waals surface area contributed by atoms with Crippen molar-refractivity contribution in [3.05, 3.63) is 82.9 Å². The van der Waals surface area contributed by atoms with Gasteiger partial charge in [0.15, 0.2) is 0 Å². The van der Waals surface area contributed by atoms with Crippen LogP contribution in [0.15, 0.2) is 60.7 Å². The molecule has 3 aromatic rings. The number of carbonyl (C=O) groups excluding carboxylic acids is 1. The van der Waals surface area contributed by atoms with Gasteiger partial charge in [0.05, 0.1) is 6.42 Å². The van der Waals surface area contributed by atoms with Crippen LogP contribution in [0, 0.1) is 6.92 Å². The fraction of sp³-hybridized carbons (Fsp3) is 0.286.